The second-order valence-electron chi connectivity index (χ2n) is 8.28. The summed E-state index contributed by atoms with van der Waals surface area (Å²) in [5.74, 6) is 1.77. The Morgan fingerprint density at radius 1 is 0.865 bits per heavy atom. The van der Waals surface area contributed by atoms with E-state index >= 15 is 0 Å². The molecule has 3 heterocycles. The first-order valence-corrected chi connectivity index (χ1v) is 11.6. The highest BCUT2D eigenvalue weighted by atomic mass is 16.5. The molecule has 37 heavy (non-hydrogen) atoms. The van der Waals surface area contributed by atoms with E-state index in [2.05, 4.69) is 25.8 Å². The van der Waals surface area contributed by atoms with Crippen molar-refractivity contribution in [3.63, 3.8) is 0 Å². The summed E-state index contributed by atoms with van der Waals surface area (Å²) in [5, 5.41) is 21.8. The van der Waals surface area contributed by atoms with Crippen LogP contribution >= 0.6 is 0 Å². The SMILES string of the molecule is COc1ccc(-c2nnc3c4ccccc4c(Nc4cccc(NC(=O)c5cccnc5)c4)nn23)cc1. The molecule has 0 fully saturated rings. The molecule has 0 aliphatic carbocycles. The number of ether oxygens (including phenoxy) is 1. The van der Waals surface area contributed by atoms with Gasteiger partial charge in [0.2, 0.25) is 0 Å². The minimum atomic E-state index is -0.233. The first kappa shape index (κ1) is 22.2. The fraction of sp³-hybridized carbons (Fsp3) is 0.0357. The number of amides is 1. The zero-order valence-electron chi connectivity index (χ0n) is 19.8. The molecule has 0 aliphatic heterocycles. The number of hydrogen-bond acceptors (Lipinski definition) is 7. The molecule has 1 amide bonds. The average Bonchev–Trinajstić information content (AvgIpc) is 3.38. The summed E-state index contributed by atoms with van der Waals surface area (Å²) in [6.45, 7) is 0. The van der Waals surface area contributed by atoms with E-state index < -0.39 is 0 Å². The minimum absolute atomic E-state index is 0.233. The number of carbonyl (C=O) groups excluding carboxylic acids is 1. The standard InChI is InChI=1S/C28H21N7O2/c1-37-22-13-11-18(12-14-22)26-32-33-27-24-10-3-2-9-23(24)25(34-35(26)27)30-20-7-4-8-21(16-20)31-28(36)19-6-5-15-29-17-19/h2-17H,1H3,(H,30,34)(H,31,36). The second-order valence-corrected chi connectivity index (χ2v) is 8.28. The Hall–Kier alpha value is -5.31. The molecule has 0 radical (unpaired) electrons. The van der Waals surface area contributed by atoms with Crippen molar-refractivity contribution in [1.29, 1.82) is 0 Å². The van der Waals surface area contributed by atoms with Gasteiger partial charge in [-0.05, 0) is 54.6 Å². The third-order valence-electron chi connectivity index (χ3n) is 5.92. The number of benzene rings is 3. The van der Waals surface area contributed by atoms with E-state index in [4.69, 9.17) is 9.84 Å². The number of hydrogen-bond donors (Lipinski definition) is 2. The molecule has 9 nitrogen and oxygen atoms in total. The lowest BCUT2D eigenvalue weighted by molar-refractivity contribution is 0.102. The number of aromatic nitrogens is 5. The van der Waals surface area contributed by atoms with E-state index in [-0.39, 0.29) is 5.91 Å². The second kappa shape index (κ2) is 9.38. The van der Waals surface area contributed by atoms with Crippen LogP contribution in [0.25, 0.3) is 27.8 Å². The summed E-state index contributed by atoms with van der Waals surface area (Å²) in [7, 11) is 1.63. The fourth-order valence-electron chi connectivity index (χ4n) is 4.11. The number of fused-ring (bicyclic) bond motifs is 3. The number of carbonyl (C=O) groups is 1. The Balaban J connectivity index is 1.38. The molecule has 0 atom stereocenters. The van der Waals surface area contributed by atoms with Gasteiger partial charge in [-0.3, -0.25) is 9.78 Å². The van der Waals surface area contributed by atoms with Crippen molar-refractivity contribution < 1.29 is 9.53 Å². The van der Waals surface area contributed by atoms with Gasteiger partial charge in [0.25, 0.3) is 5.91 Å². The van der Waals surface area contributed by atoms with Crippen LogP contribution in [0, 0.1) is 0 Å². The van der Waals surface area contributed by atoms with Gasteiger partial charge in [0.1, 0.15) is 5.75 Å². The van der Waals surface area contributed by atoms with Gasteiger partial charge in [0.05, 0.1) is 12.7 Å². The average molecular weight is 488 g/mol. The minimum Gasteiger partial charge on any atom is -0.497 e. The van der Waals surface area contributed by atoms with Crippen LogP contribution in [0.4, 0.5) is 17.2 Å². The number of nitrogens with one attached hydrogen (secondary N) is 2. The molecule has 0 saturated heterocycles. The lowest BCUT2D eigenvalue weighted by Gasteiger charge is -2.12. The summed E-state index contributed by atoms with van der Waals surface area (Å²) in [6, 6.07) is 26.4. The molecule has 9 heteroatoms. The van der Waals surface area contributed by atoms with Crippen molar-refractivity contribution in [2.75, 3.05) is 17.7 Å². The Kier molecular flexibility index (Phi) is 5.62. The summed E-state index contributed by atoms with van der Waals surface area (Å²) in [4.78, 5) is 16.6. The fourth-order valence-corrected chi connectivity index (χ4v) is 4.11. The number of pyridine rings is 1. The van der Waals surface area contributed by atoms with Crippen molar-refractivity contribution in [3.8, 4) is 17.1 Å². The van der Waals surface area contributed by atoms with E-state index in [9.17, 15) is 4.79 Å². The van der Waals surface area contributed by atoms with Gasteiger partial charge in [-0.2, -0.15) is 4.52 Å². The molecule has 180 valence electrons. The van der Waals surface area contributed by atoms with Crippen LogP contribution in [0.1, 0.15) is 10.4 Å². The Labute approximate surface area is 211 Å². The molecule has 6 aromatic rings. The normalized spacial score (nSPS) is 10.9. The molecule has 0 bridgehead atoms. The zero-order chi connectivity index (χ0) is 25.2. The highest BCUT2D eigenvalue weighted by Gasteiger charge is 2.16. The quantitative estimate of drug-likeness (QED) is 0.326. The highest BCUT2D eigenvalue weighted by molar-refractivity contribution is 6.04. The van der Waals surface area contributed by atoms with E-state index in [0.717, 1.165) is 27.8 Å². The maximum atomic E-state index is 12.6. The molecule has 6 rings (SSSR count). The van der Waals surface area contributed by atoms with Crippen LogP contribution in [0.3, 0.4) is 0 Å². The maximum Gasteiger partial charge on any atom is 0.257 e. The molecule has 3 aromatic carbocycles. The van der Waals surface area contributed by atoms with Crippen molar-refractivity contribution in [3.05, 3.63) is 103 Å². The number of rotatable bonds is 6. The monoisotopic (exact) mass is 487 g/mol. The highest BCUT2D eigenvalue weighted by Crippen LogP contribution is 2.30. The van der Waals surface area contributed by atoms with E-state index in [0.29, 0.717) is 28.5 Å². The van der Waals surface area contributed by atoms with Crippen LogP contribution in [-0.2, 0) is 0 Å². The van der Waals surface area contributed by atoms with Gasteiger partial charge in [0, 0.05) is 40.1 Å². The summed E-state index contributed by atoms with van der Waals surface area (Å²) >= 11 is 0. The van der Waals surface area contributed by atoms with Crippen LogP contribution in [-0.4, -0.2) is 37.8 Å². The first-order chi connectivity index (χ1) is 18.2. The summed E-state index contributed by atoms with van der Waals surface area (Å²) in [5.41, 5.74) is 3.41. The number of anilines is 3. The molecule has 0 spiro atoms. The molecule has 3 aromatic heterocycles. The first-order valence-electron chi connectivity index (χ1n) is 11.6. The summed E-state index contributed by atoms with van der Waals surface area (Å²) in [6.07, 6.45) is 3.16. The van der Waals surface area contributed by atoms with Crippen molar-refractivity contribution >= 4 is 39.5 Å². The molecule has 0 saturated carbocycles. The summed E-state index contributed by atoms with van der Waals surface area (Å²) < 4.78 is 7.01. The maximum absolute atomic E-state index is 12.6. The Morgan fingerprint density at radius 2 is 1.68 bits per heavy atom. The predicted octanol–water partition coefficient (Wildman–Crippen LogP) is 5.34. The number of methoxy groups -OCH3 is 1. The van der Waals surface area contributed by atoms with Crippen molar-refractivity contribution in [2.24, 2.45) is 0 Å². The van der Waals surface area contributed by atoms with Crippen LogP contribution < -0.4 is 15.4 Å². The molecule has 0 unspecified atom stereocenters. The van der Waals surface area contributed by atoms with Gasteiger partial charge in [-0.1, -0.05) is 30.3 Å². The van der Waals surface area contributed by atoms with Crippen LogP contribution in [0.15, 0.2) is 97.3 Å². The Morgan fingerprint density at radius 3 is 2.46 bits per heavy atom. The lowest BCUT2D eigenvalue weighted by Crippen LogP contribution is -2.12. The molecular formula is C28H21N7O2. The van der Waals surface area contributed by atoms with Gasteiger partial charge in [-0.25, -0.2) is 0 Å². The van der Waals surface area contributed by atoms with Gasteiger partial charge in [-0.15, -0.1) is 15.3 Å². The molecular weight excluding hydrogens is 466 g/mol. The smallest absolute Gasteiger partial charge is 0.257 e. The van der Waals surface area contributed by atoms with Gasteiger partial charge < -0.3 is 15.4 Å². The van der Waals surface area contributed by atoms with E-state index in [1.54, 1.807) is 30.0 Å². The topological polar surface area (TPSA) is 106 Å². The molecule has 0 aliphatic rings. The number of nitrogens with zero attached hydrogens (tertiary/aromatic N) is 5. The van der Waals surface area contributed by atoms with E-state index in [1.165, 1.54) is 6.20 Å². The van der Waals surface area contributed by atoms with E-state index in [1.807, 2.05) is 72.8 Å². The third kappa shape index (κ3) is 4.30. The zero-order valence-corrected chi connectivity index (χ0v) is 19.8. The van der Waals surface area contributed by atoms with Crippen LogP contribution in [0.5, 0.6) is 5.75 Å². The molecule has 2 N–H and O–H groups in total. The van der Waals surface area contributed by atoms with Gasteiger partial charge in [0.15, 0.2) is 17.3 Å². The van der Waals surface area contributed by atoms with Crippen LogP contribution in [0.2, 0.25) is 0 Å². The van der Waals surface area contributed by atoms with Gasteiger partial charge >= 0.3 is 0 Å². The Bertz CT molecular complexity index is 1730. The van der Waals surface area contributed by atoms with Crippen molar-refractivity contribution in [1.82, 2.24) is 24.8 Å². The third-order valence-corrected chi connectivity index (χ3v) is 5.92. The lowest BCUT2D eigenvalue weighted by atomic mass is 10.1. The predicted molar refractivity (Wildman–Crippen MR) is 142 cm³/mol. The van der Waals surface area contributed by atoms with Crippen molar-refractivity contribution in [2.45, 2.75) is 0 Å². The largest absolute Gasteiger partial charge is 0.497 e.